The van der Waals surface area contributed by atoms with Crippen LogP contribution >= 0.6 is 23.5 Å². The van der Waals surface area contributed by atoms with Crippen molar-refractivity contribution in [1.82, 2.24) is 4.72 Å². The van der Waals surface area contributed by atoms with Gasteiger partial charge in [-0.15, -0.1) is 11.8 Å². The normalized spacial score (nSPS) is 19.5. The highest BCUT2D eigenvalue weighted by Gasteiger charge is 2.17. The minimum Gasteiger partial charge on any atom is -0.399 e. The minimum absolute atomic E-state index is 0.152. The third kappa shape index (κ3) is 6.50. The molecule has 1 fully saturated rings. The molecule has 1 heterocycles. The molecule has 21 heavy (non-hydrogen) atoms. The van der Waals surface area contributed by atoms with Gasteiger partial charge < -0.3 is 5.73 Å². The zero-order valence-electron chi connectivity index (χ0n) is 12.0. The maximum absolute atomic E-state index is 12.0. The van der Waals surface area contributed by atoms with Gasteiger partial charge in [0.15, 0.2) is 0 Å². The van der Waals surface area contributed by atoms with Crippen LogP contribution in [0.15, 0.2) is 29.2 Å². The van der Waals surface area contributed by atoms with Crippen LogP contribution in [0.5, 0.6) is 0 Å². The number of rotatable bonds is 7. The Kier molecular flexibility index (Phi) is 6.73. The van der Waals surface area contributed by atoms with Gasteiger partial charge in [-0.05, 0) is 42.9 Å². The highest BCUT2D eigenvalue weighted by Crippen LogP contribution is 2.24. The van der Waals surface area contributed by atoms with Crippen molar-refractivity contribution in [2.45, 2.75) is 29.4 Å². The van der Waals surface area contributed by atoms with Gasteiger partial charge in [0.1, 0.15) is 0 Å². The summed E-state index contributed by atoms with van der Waals surface area (Å²) in [4.78, 5) is 1.04. The van der Waals surface area contributed by atoms with Crippen molar-refractivity contribution < 1.29 is 8.42 Å². The van der Waals surface area contributed by atoms with Crippen molar-refractivity contribution in [2.24, 2.45) is 0 Å². The third-order valence-corrected chi connectivity index (χ3v) is 7.32. The van der Waals surface area contributed by atoms with E-state index in [4.69, 9.17) is 5.73 Å². The molecule has 0 bridgehead atoms. The van der Waals surface area contributed by atoms with Crippen LogP contribution in [0.25, 0.3) is 0 Å². The monoisotopic (exact) mass is 346 g/mol. The number of nitrogens with two attached hydrogens (primary N) is 1. The van der Waals surface area contributed by atoms with Crippen LogP contribution in [0.3, 0.4) is 0 Å². The van der Waals surface area contributed by atoms with Gasteiger partial charge in [0.2, 0.25) is 10.0 Å². The number of benzene rings is 1. The summed E-state index contributed by atoms with van der Waals surface area (Å²) in [5, 5.41) is 0.443. The predicted molar refractivity (Wildman–Crippen MR) is 93.5 cm³/mol. The molecule has 1 aromatic rings. The number of nitrogen functional groups attached to an aromatic ring is 1. The molecule has 4 nitrogen and oxygen atoms in total. The van der Waals surface area contributed by atoms with Gasteiger partial charge in [-0.3, -0.25) is 0 Å². The second-order valence-electron chi connectivity index (χ2n) is 5.07. The molecule has 2 rings (SSSR count). The van der Waals surface area contributed by atoms with Crippen LogP contribution in [-0.4, -0.2) is 37.5 Å². The fourth-order valence-corrected chi connectivity index (χ4v) is 5.81. The average molecular weight is 347 g/mol. The maximum Gasteiger partial charge on any atom is 0.212 e. The molecular formula is C14H22N2O2S3. The second kappa shape index (κ2) is 8.31. The average Bonchev–Trinajstić information content (AvgIpc) is 2.48. The molecule has 0 aromatic heterocycles. The number of hydrogen-bond acceptors (Lipinski definition) is 5. The number of hydrogen-bond donors (Lipinski definition) is 2. The first-order valence-electron chi connectivity index (χ1n) is 7.12. The van der Waals surface area contributed by atoms with Crippen LogP contribution < -0.4 is 10.5 Å². The van der Waals surface area contributed by atoms with E-state index in [9.17, 15) is 8.42 Å². The molecule has 0 saturated carbocycles. The highest BCUT2D eigenvalue weighted by molar-refractivity contribution is 8.00. The number of nitrogens with one attached hydrogen (secondary N) is 1. The quantitative estimate of drug-likeness (QED) is 0.586. The largest absolute Gasteiger partial charge is 0.399 e. The lowest BCUT2D eigenvalue weighted by Gasteiger charge is -2.21. The summed E-state index contributed by atoms with van der Waals surface area (Å²) in [6, 6.07) is 7.49. The van der Waals surface area contributed by atoms with Gasteiger partial charge in [0.05, 0.1) is 5.75 Å². The second-order valence-corrected chi connectivity index (χ2v) is 9.58. The molecule has 1 aliphatic rings. The molecule has 1 aliphatic heterocycles. The number of thioether (sulfide) groups is 2. The van der Waals surface area contributed by atoms with E-state index in [2.05, 4.69) is 4.72 Å². The molecule has 118 valence electrons. The van der Waals surface area contributed by atoms with Gasteiger partial charge in [-0.25, -0.2) is 13.1 Å². The van der Waals surface area contributed by atoms with E-state index in [1.165, 1.54) is 24.6 Å². The Morgan fingerprint density at radius 3 is 2.71 bits per heavy atom. The van der Waals surface area contributed by atoms with Crippen LogP contribution in [0, 0.1) is 0 Å². The van der Waals surface area contributed by atoms with Crippen molar-refractivity contribution in [3.63, 3.8) is 0 Å². The van der Waals surface area contributed by atoms with Crippen LogP contribution in [0.2, 0.25) is 0 Å². The van der Waals surface area contributed by atoms with E-state index in [1.807, 2.05) is 36.0 Å². The van der Waals surface area contributed by atoms with Crippen molar-refractivity contribution in [2.75, 3.05) is 29.5 Å². The number of sulfonamides is 1. The van der Waals surface area contributed by atoms with Crippen molar-refractivity contribution in [1.29, 1.82) is 0 Å². The van der Waals surface area contributed by atoms with E-state index >= 15 is 0 Å². The van der Waals surface area contributed by atoms with E-state index in [0.29, 0.717) is 17.5 Å². The van der Waals surface area contributed by atoms with Crippen molar-refractivity contribution >= 4 is 39.2 Å². The molecule has 1 atom stereocenters. The molecule has 0 radical (unpaired) electrons. The summed E-state index contributed by atoms with van der Waals surface area (Å²) in [5.74, 6) is 1.86. The molecule has 0 aliphatic carbocycles. The zero-order chi connectivity index (χ0) is 15.1. The first-order valence-corrected chi connectivity index (χ1v) is 10.8. The topological polar surface area (TPSA) is 72.2 Å². The van der Waals surface area contributed by atoms with E-state index in [-0.39, 0.29) is 5.75 Å². The molecule has 0 spiro atoms. The fraction of sp³-hybridized carbons (Fsp3) is 0.571. The molecular weight excluding hydrogens is 324 g/mol. The van der Waals surface area contributed by atoms with E-state index in [0.717, 1.165) is 22.8 Å². The Bertz CT molecular complexity index is 526. The van der Waals surface area contributed by atoms with Gasteiger partial charge in [-0.2, -0.15) is 11.8 Å². The Hall–Kier alpha value is -0.370. The van der Waals surface area contributed by atoms with E-state index in [1.54, 1.807) is 0 Å². The van der Waals surface area contributed by atoms with Crippen molar-refractivity contribution in [3.05, 3.63) is 24.3 Å². The van der Waals surface area contributed by atoms with E-state index < -0.39 is 10.0 Å². The lowest BCUT2D eigenvalue weighted by Crippen LogP contribution is -2.34. The van der Waals surface area contributed by atoms with Gasteiger partial charge >= 0.3 is 0 Å². The molecule has 1 saturated heterocycles. The molecule has 7 heteroatoms. The Morgan fingerprint density at radius 1 is 1.29 bits per heavy atom. The van der Waals surface area contributed by atoms with Crippen LogP contribution in [0.1, 0.15) is 19.3 Å². The van der Waals surface area contributed by atoms with Gasteiger partial charge in [0, 0.05) is 28.1 Å². The van der Waals surface area contributed by atoms with Crippen LogP contribution in [0.4, 0.5) is 5.69 Å². The van der Waals surface area contributed by atoms with Gasteiger partial charge in [-0.1, -0.05) is 6.42 Å². The third-order valence-electron chi connectivity index (χ3n) is 3.31. The van der Waals surface area contributed by atoms with Crippen molar-refractivity contribution in [3.8, 4) is 0 Å². The molecule has 1 unspecified atom stereocenters. The molecule has 0 amide bonds. The predicted octanol–water partition coefficient (Wildman–Crippen LogP) is 2.57. The smallest absolute Gasteiger partial charge is 0.212 e. The maximum atomic E-state index is 12.0. The summed E-state index contributed by atoms with van der Waals surface area (Å²) in [7, 11) is -3.17. The fourth-order valence-electron chi connectivity index (χ4n) is 2.09. The molecule has 1 aromatic carbocycles. The highest BCUT2D eigenvalue weighted by atomic mass is 32.2. The molecule has 3 N–H and O–H groups in total. The Balaban J connectivity index is 1.69. The zero-order valence-corrected chi connectivity index (χ0v) is 14.4. The summed E-state index contributed by atoms with van der Waals surface area (Å²) in [6.07, 6.45) is 3.59. The Labute approximate surface area is 135 Å². The first kappa shape index (κ1) is 17.0. The summed E-state index contributed by atoms with van der Waals surface area (Å²) >= 11 is 3.42. The summed E-state index contributed by atoms with van der Waals surface area (Å²) in [5.41, 5.74) is 6.34. The lowest BCUT2D eigenvalue weighted by molar-refractivity contribution is 0.575. The minimum atomic E-state index is -3.17. The number of anilines is 1. The standard InChI is InChI=1S/C14H22N2O2S3/c15-12-4-6-13(7-5-12)20-9-10-21(17,18)16-11-14-3-1-2-8-19-14/h4-7,14,16H,1-3,8-11,15H2. The SMILES string of the molecule is Nc1ccc(SCCS(=O)(=O)NCC2CCCCS2)cc1. The lowest BCUT2D eigenvalue weighted by atomic mass is 10.2. The Morgan fingerprint density at radius 2 is 2.05 bits per heavy atom. The summed E-state index contributed by atoms with van der Waals surface area (Å²) < 4.78 is 26.7. The van der Waals surface area contributed by atoms with Crippen LogP contribution in [-0.2, 0) is 10.0 Å². The van der Waals surface area contributed by atoms with Gasteiger partial charge in [0.25, 0.3) is 0 Å². The first-order chi connectivity index (χ1) is 10.1. The summed E-state index contributed by atoms with van der Waals surface area (Å²) in [6.45, 7) is 0.569.